The fourth-order valence-corrected chi connectivity index (χ4v) is 3.79. The molecular formula is C14H16BrN3OS. The standard InChI is InChI=1S/C14H16BrN3OS/c1-9-10(6-7-16-9)14-17-13(18-19-14)8-20-12-5-3-2-4-11(12)15/h2-5,9-10,16H,6-8H2,1H3. The molecular weight excluding hydrogens is 338 g/mol. The zero-order valence-electron chi connectivity index (χ0n) is 11.2. The second kappa shape index (κ2) is 6.28. The number of benzene rings is 1. The molecule has 1 aromatic heterocycles. The molecule has 0 aliphatic carbocycles. The highest BCUT2D eigenvalue weighted by Gasteiger charge is 2.29. The molecule has 20 heavy (non-hydrogen) atoms. The first kappa shape index (κ1) is 14.1. The largest absolute Gasteiger partial charge is 0.339 e. The van der Waals surface area contributed by atoms with Crippen molar-refractivity contribution in [2.24, 2.45) is 0 Å². The minimum Gasteiger partial charge on any atom is -0.339 e. The van der Waals surface area contributed by atoms with Gasteiger partial charge < -0.3 is 9.84 Å². The van der Waals surface area contributed by atoms with Crippen LogP contribution in [-0.4, -0.2) is 22.7 Å². The van der Waals surface area contributed by atoms with Crippen molar-refractivity contribution in [3.05, 3.63) is 40.5 Å². The van der Waals surface area contributed by atoms with Crippen molar-refractivity contribution >= 4 is 27.7 Å². The van der Waals surface area contributed by atoms with Crippen molar-refractivity contribution in [2.75, 3.05) is 6.54 Å². The summed E-state index contributed by atoms with van der Waals surface area (Å²) in [5, 5.41) is 7.49. The molecule has 2 heterocycles. The van der Waals surface area contributed by atoms with Crippen LogP contribution in [0.1, 0.15) is 31.0 Å². The van der Waals surface area contributed by atoms with E-state index in [4.69, 9.17) is 4.52 Å². The lowest BCUT2D eigenvalue weighted by Crippen LogP contribution is -2.21. The SMILES string of the molecule is CC1NCCC1c1nc(CSc2ccccc2Br)no1. The number of nitrogens with one attached hydrogen (secondary N) is 1. The van der Waals surface area contributed by atoms with Gasteiger partial charge in [-0.1, -0.05) is 17.3 Å². The molecule has 106 valence electrons. The molecule has 0 saturated carbocycles. The molecule has 2 atom stereocenters. The molecule has 2 aromatic rings. The Hall–Kier alpha value is -0.850. The lowest BCUT2D eigenvalue weighted by Gasteiger charge is -2.08. The van der Waals surface area contributed by atoms with Gasteiger partial charge in [0.2, 0.25) is 5.89 Å². The Labute approximate surface area is 130 Å². The van der Waals surface area contributed by atoms with E-state index in [-0.39, 0.29) is 0 Å². The van der Waals surface area contributed by atoms with E-state index in [1.54, 1.807) is 11.8 Å². The maximum Gasteiger partial charge on any atom is 0.231 e. The van der Waals surface area contributed by atoms with Gasteiger partial charge in [-0.15, -0.1) is 11.8 Å². The Morgan fingerprint density at radius 3 is 3.05 bits per heavy atom. The highest BCUT2D eigenvalue weighted by Crippen LogP contribution is 2.30. The van der Waals surface area contributed by atoms with Gasteiger partial charge in [-0.25, -0.2) is 0 Å². The molecule has 0 radical (unpaired) electrons. The molecule has 1 saturated heterocycles. The van der Waals surface area contributed by atoms with E-state index in [9.17, 15) is 0 Å². The normalized spacial score (nSPS) is 22.3. The van der Waals surface area contributed by atoms with Crippen LogP contribution in [0.3, 0.4) is 0 Å². The highest BCUT2D eigenvalue weighted by molar-refractivity contribution is 9.10. The fraction of sp³-hybridized carbons (Fsp3) is 0.429. The quantitative estimate of drug-likeness (QED) is 0.851. The number of nitrogens with zero attached hydrogens (tertiary/aromatic N) is 2. The minimum atomic E-state index is 0.352. The average molecular weight is 354 g/mol. The third-order valence-corrected chi connectivity index (χ3v) is 5.54. The van der Waals surface area contributed by atoms with Crippen LogP contribution in [0.5, 0.6) is 0 Å². The topological polar surface area (TPSA) is 51.0 Å². The number of halogens is 1. The number of rotatable bonds is 4. The van der Waals surface area contributed by atoms with Crippen LogP contribution in [0.4, 0.5) is 0 Å². The van der Waals surface area contributed by atoms with Gasteiger partial charge in [0.25, 0.3) is 0 Å². The van der Waals surface area contributed by atoms with Gasteiger partial charge in [-0.3, -0.25) is 0 Å². The smallest absolute Gasteiger partial charge is 0.231 e. The Morgan fingerprint density at radius 2 is 2.30 bits per heavy atom. The Bertz CT molecular complexity index is 589. The van der Waals surface area contributed by atoms with E-state index in [2.05, 4.69) is 44.4 Å². The maximum absolute atomic E-state index is 5.41. The van der Waals surface area contributed by atoms with Gasteiger partial charge in [0.05, 0.1) is 11.7 Å². The summed E-state index contributed by atoms with van der Waals surface area (Å²) < 4.78 is 6.51. The van der Waals surface area contributed by atoms with Gasteiger partial charge in [0.1, 0.15) is 0 Å². The minimum absolute atomic E-state index is 0.352. The molecule has 1 aromatic carbocycles. The summed E-state index contributed by atoms with van der Waals surface area (Å²) in [5.41, 5.74) is 0. The Morgan fingerprint density at radius 1 is 1.45 bits per heavy atom. The van der Waals surface area contributed by atoms with Crippen LogP contribution >= 0.6 is 27.7 Å². The van der Waals surface area contributed by atoms with Gasteiger partial charge in [-0.05, 0) is 48.0 Å². The van der Waals surface area contributed by atoms with E-state index >= 15 is 0 Å². The summed E-state index contributed by atoms with van der Waals surface area (Å²) in [5.74, 6) is 2.61. The average Bonchev–Trinajstić information content (AvgIpc) is 3.06. The second-order valence-corrected chi connectivity index (χ2v) is 6.78. The zero-order valence-corrected chi connectivity index (χ0v) is 13.6. The molecule has 1 aliphatic rings. The lowest BCUT2D eigenvalue weighted by atomic mass is 10.0. The second-order valence-electron chi connectivity index (χ2n) is 4.91. The summed E-state index contributed by atoms with van der Waals surface area (Å²) in [6.07, 6.45) is 1.07. The van der Waals surface area contributed by atoms with Crippen LogP contribution in [0.2, 0.25) is 0 Å². The van der Waals surface area contributed by atoms with Crippen LogP contribution in [0.25, 0.3) is 0 Å². The van der Waals surface area contributed by atoms with Crippen LogP contribution in [-0.2, 0) is 5.75 Å². The first-order valence-corrected chi connectivity index (χ1v) is 8.45. The van der Waals surface area contributed by atoms with Gasteiger partial charge >= 0.3 is 0 Å². The van der Waals surface area contributed by atoms with Crippen molar-refractivity contribution in [3.63, 3.8) is 0 Å². The summed E-state index contributed by atoms with van der Waals surface area (Å²) in [6.45, 7) is 3.19. The van der Waals surface area contributed by atoms with Crippen molar-refractivity contribution in [3.8, 4) is 0 Å². The number of aromatic nitrogens is 2. The molecule has 4 nitrogen and oxygen atoms in total. The summed E-state index contributed by atoms with van der Waals surface area (Å²) >= 11 is 5.25. The third-order valence-electron chi connectivity index (χ3n) is 3.52. The molecule has 6 heteroatoms. The molecule has 1 fully saturated rings. The summed E-state index contributed by atoms with van der Waals surface area (Å²) in [7, 11) is 0. The number of thioether (sulfide) groups is 1. The van der Waals surface area contributed by atoms with Gasteiger partial charge in [0.15, 0.2) is 5.82 Å². The van der Waals surface area contributed by atoms with Crippen molar-refractivity contribution < 1.29 is 4.52 Å². The van der Waals surface area contributed by atoms with Crippen LogP contribution in [0, 0.1) is 0 Å². The first-order chi connectivity index (χ1) is 9.74. The van der Waals surface area contributed by atoms with E-state index in [0.29, 0.717) is 12.0 Å². The summed E-state index contributed by atoms with van der Waals surface area (Å²) in [6, 6.07) is 8.57. The van der Waals surface area contributed by atoms with Crippen molar-refractivity contribution in [1.82, 2.24) is 15.5 Å². The predicted molar refractivity (Wildman–Crippen MR) is 82.8 cm³/mol. The highest BCUT2D eigenvalue weighted by atomic mass is 79.9. The molecule has 1 N–H and O–H groups in total. The predicted octanol–water partition coefficient (Wildman–Crippen LogP) is 3.59. The van der Waals surface area contributed by atoms with Crippen molar-refractivity contribution in [2.45, 2.75) is 36.0 Å². The van der Waals surface area contributed by atoms with Gasteiger partial charge in [-0.2, -0.15) is 4.98 Å². The molecule has 0 spiro atoms. The molecule has 2 unspecified atom stereocenters. The fourth-order valence-electron chi connectivity index (χ4n) is 2.38. The van der Waals surface area contributed by atoms with Crippen LogP contribution < -0.4 is 5.32 Å². The molecule has 1 aliphatic heterocycles. The Kier molecular flexibility index (Phi) is 4.43. The Balaban J connectivity index is 1.64. The monoisotopic (exact) mass is 353 g/mol. The summed E-state index contributed by atoms with van der Waals surface area (Å²) in [4.78, 5) is 5.72. The zero-order chi connectivity index (χ0) is 13.9. The van der Waals surface area contributed by atoms with E-state index in [0.717, 1.165) is 34.9 Å². The van der Waals surface area contributed by atoms with E-state index in [1.807, 2.05) is 18.2 Å². The number of hydrogen-bond donors (Lipinski definition) is 1. The molecule has 3 rings (SSSR count). The van der Waals surface area contributed by atoms with Gasteiger partial charge in [0, 0.05) is 15.4 Å². The van der Waals surface area contributed by atoms with Crippen LogP contribution in [0.15, 0.2) is 38.2 Å². The van der Waals surface area contributed by atoms with Crippen molar-refractivity contribution in [1.29, 1.82) is 0 Å². The number of hydrogen-bond acceptors (Lipinski definition) is 5. The molecule has 0 amide bonds. The first-order valence-electron chi connectivity index (χ1n) is 6.67. The third kappa shape index (κ3) is 3.07. The molecule has 0 bridgehead atoms. The lowest BCUT2D eigenvalue weighted by molar-refractivity contribution is 0.342. The van der Waals surface area contributed by atoms with E-state index < -0.39 is 0 Å². The maximum atomic E-state index is 5.41. The van der Waals surface area contributed by atoms with E-state index in [1.165, 1.54) is 4.90 Å².